The van der Waals surface area contributed by atoms with E-state index in [0.717, 1.165) is 17.1 Å². The average molecular weight is 431 g/mol. The molecule has 1 aromatic carbocycles. The molecule has 1 saturated heterocycles. The molecule has 1 atom stereocenters. The van der Waals surface area contributed by atoms with Crippen molar-refractivity contribution in [3.05, 3.63) is 35.4 Å². The monoisotopic (exact) mass is 431 g/mol. The number of hydrogen-bond acceptors (Lipinski definition) is 5. The topological polar surface area (TPSA) is 95.9 Å². The summed E-state index contributed by atoms with van der Waals surface area (Å²) in [5, 5.41) is 7.82. The van der Waals surface area contributed by atoms with Crippen LogP contribution in [0.5, 0.6) is 0 Å². The highest BCUT2D eigenvalue weighted by atomic mass is 32.2. The molecule has 1 N–H and O–H groups in total. The number of nitrogens with zero attached hydrogens (tertiary/aromatic N) is 2. The van der Waals surface area contributed by atoms with Gasteiger partial charge in [-0.3, -0.25) is 9.59 Å². The first-order valence-corrected chi connectivity index (χ1v) is 10.9. The highest BCUT2D eigenvalue weighted by Crippen LogP contribution is 2.29. The fourth-order valence-electron chi connectivity index (χ4n) is 3.27. The first-order valence-electron chi connectivity index (χ1n) is 9.09. The predicted molar refractivity (Wildman–Crippen MR) is 98.7 cm³/mol. The predicted octanol–water partition coefficient (Wildman–Crippen LogP) is 1.53. The lowest BCUT2D eigenvalue weighted by atomic mass is 10.1. The molecular formula is C18H20F3N3O4S. The zero-order valence-electron chi connectivity index (χ0n) is 15.4. The summed E-state index contributed by atoms with van der Waals surface area (Å²) in [5.41, 5.74) is 0.0405. The third-order valence-corrected chi connectivity index (χ3v) is 6.61. The van der Waals surface area contributed by atoms with Gasteiger partial charge in [0.1, 0.15) is 5.71 Å². The van der Waals surface area contributed by atoms with Gasteiger partial charge < -0.3 is 5.32 Å². The largest absolute Gasteiger partial charge is 0.416 e. The molecule has 0 radical (unpaired) electrons. The third kappa shape index (κ3) is 5.34. The molecule has 2 aliphatic rings. The minimum absolute atomic E-state index is 0.00831. The van der Waals surface area contributed by atoms with Crippen LogP contribution in [0.1, 0.15) is 30.4 Å². The van der Waals surface area contributed by atoms with Gasteiger partial charge in [-0.25, -0.2) is 13.4 Å². The van der Waals surface area contributed by atoms with Gasteiger partial charge in [-0.15, -0.1) is 0 Å². The molecule has 7 nitrogen and oxygen atoms in total. The number of rotatable bonds is 5. The maximum Gasteiger partial charge on any atom is 0.416 e. The maximum atomic E-state index is 12.6. The van der Waals surface area contributed by atoms with Gasteiger partial charge in [0.15, 0.2) is 9.84 Å². The molecule has 0 saturated carbocycles. The van der Waals surface area contributed by atoms with Gasteiger partial charge in [0.25, 0.3) is 5.91 Å². The number of sulfone groups is 1. The first-order chi connectivity index (χ1) is 13.5. The number of amides is 2. The fraction of sp³-hybridized carbons (Fsp3) is 0.500. The van der Waals surface area contributed by atoms with Gasteiger partial charge in [-0.05, 0) is 30.5 Å². The number of hydrazone groups is 1. The number of carbonyl (C=O) groups is 2. The van der Waals surface area contributed by atoms with Gasteiger partial charge in [-0.1, -0.05) is 12.1 Å². The summed E-state index contributed by atoms with van der Waals surface area (Å²) in [6, 6.07) is 4.13. The molecule has 2 heterocycles. The number of alkyl halides is 3. The molecule has 0 spiro atoms. The number of hydrogen-bond donors (Lipinski definition) is 1. The van der Waals surface area contributed by atoms with Gasteiger partial charge in [0.05, 0.1) is 23.1 Å². The van der Waals surface area contributed by atoms with E-state index in [4.69, 9.17) is 0 Å². The quantitative estimate of drug-likeness (QED) is 0.765. The van der Waals surface area contributed by atoms with E-state index >= 15 is 0 Å². The van der Waals surface area contributed by atoms with Crippen molar-refractivity contribution in [2.75, 3.05) is 18.1 Å². The molecule has 2 amide bonds. The van der Waals surface area contributed by atoms with Crippen molar-refractivity contribution in [3.63, 3.8) is 0 Å². The normalized spacial score (nSPS) is 21.8. The summed E-state index contributed by atoms with van der Waals surface area (Å²) in [6.45, 7) is 0.189. The Morgan fingerprint density at radius 3 is 2.48 bits per heavy atom. The maximum absolute atomic E-state index is 12.6. The minimum atomic E-state index is -4.40. The van der Waals surface area contributed by atoms with Crippen LogP contribution in [-0.2, 0) is 32.0 Å². The Morgan fingerprint density at radius 1 is 1.21 bits per heavy atom. The molecule has 1 unspecified atom stereocenters. The van der Waals surface area contributed by atoms with Crippen LogP contribution in [0.15, 0.2) is 29.4 Å². The Balaban J connectivity index is 1.56. The van der Waals surface area contributed by atoms with E-state index in [1.165, 1.54) is 12.1 Å². The summed E-state index contributed by atoms with van der Waals surface area (Å²) in [5.74, 6) is -0.958. The van der Waals surface area contributed by atoms with Crippen LogP contribution in [0.4, 0.5) is 13.2 Å². The third-order valence-electron chi connectivity index (χ3n) is 4.86. The minimum Gasteiger partial charge on any atom is -0.351 e. The van der Waals surface area contributed by atoms with E-state index < -0.39 is 33.5 Å². The SMILES string of the molecule is O=C(NCCc1ccc(C(F)(F)F)cc1)C1=NN(C2CCS(=O)(=O)C2)C(=O)CC1. The van der Waals surface area contributed by atoms with Crippen LogP contribution in [0.2, 0.25) is 0 Å². The Kier molecular flexibility index (Phi) is 5.97. The van der Waals surface area contributed by atoms with Crippen LogP contribution in [-0.4, -0.2) is 55.0 Å². The number of nitrogens with one attached hydrogen (secondary N) is 1. The molecule has 2 aliphatic heterocycles. The number of carbonyl (C=O) groups excluding carboxylic acids is 2. The van der Waals surface area contributed by atoms with Crippen LogP contribution < -0.4 is 5.32 Å². The second kappa shape index (κ2) is 8.13. The summed E-state index contributed by atoms with van der Waals surface area (Å²) in [6.07, 6.45) is -3.54. The Bertz CT molecular complexity index is 927. The highest BCUT2D eigenvalue weighted by molar-refractivity contribution is 7.91. The van der Waals surface area contributed by atoms with Crippen molar-refractivity contribution >= 4 is 27.4 Å². The van der Waals surface area contributed by atoms with Crippen molar-refractivity contribution in [1.82, 2.24) is 10.3 Å². The number of halogens is 3. The van der Waals surface area contributed by atoms with E-state index in [-0.39, 0.29) is 42.5 Å². The zero-order valence-corrected chi connectivity index (χ0v) is 16.2. The second-order valence-electron chi connectivity index (χ2n) is 7.04. The van der Waals surface area contributed by atoms with Crippen molar-refractivity contribution in [3.8, 4) is 0 Å². The fourth-order valence-corrected chi connectivity index (χ4v) is 4.96. The van der Waals surface area contributed by atoms with E-state index in [1.807, 2.05) is 0 Å². The Hall–Kier alpha value is -2.43. The lowest BCUT2D eigenvalue weighted by Gasteiger charge is -2.27. The molecule has 1 aromatic rings. The molecule has 0 aliphatic carbocycles. The highest BCUT2D eigenvalue weighted by Gasteiger charge is 2.37. The van der Waals surface area contributed by atoms with E-state index in [2.05, 4.69) is 10.4 Å². The van der Waals surface area contributed by atoms with Crippen LogP contribution in [0.3, 0.4) is 0 Å². The Labute approximate surface area is 165 Å². The zero-order chi connectivity index (χ0) is 21.2. The van der Waals surface area contributed by atoms with E-state index in [9.17, 15) is 31.2 Å². The molecule has 1 fully saturated rings. The second-order valence-corrected chi connectivity index (χ2v) is 9.27. The molecule has 29 heavy (non-hydrogen) atoms. The molecule has 3 rings (SSSR count). The molecule has 158 valence electrons. The van der Waals surface area contributed by atoms with Crippen molar-refractivity contribution in [1.29, 1.82) is 0 Å². The molecule has 0 bridgehead atoms. The van der Waals surface area contributed by atoms with Gasteiger partial charge >= 0.3 is 6.18 Å². The molecule has 0 aromatic heterocycles. The van der Waals surface area contributed by atoms with Gasteiger partial charge in [0, 0.05) is 19.4 Å². The summed E-state index contributed by atoms with van der Waals surface area (Å²) in [4.78, 5) is 24.4. The average Bonchev–Trinajstić information content (AvgIpc) is 3.01. The standard InChI is InChI=1S/C18H20F3N3O4S/c19-18(20,21)13-3-1-12(2-4-13)7-9-22-17(26)15-5-6-16(25)24(23-15)14-8-10-29(27,28)11-14/h1-4,14H,5-11H2,(H,22,26). The van der Waals surface area contributed by atoms with Crippen molar-refractivity contribution < 1.29 is 31.2 Å². The Morgan fingerprint density at radius 2 is 1.90 bits per heavy atom. The first kappa shape index (κ1) is 21.3. The summed E-state index contributed by atoms with van der Waals surface area (Å²) in [7, 11) is -3.20. The summed E-state index contributed by atoms with van der Waals surface area (Å²) < 4.78 is 61.0. The van der Waals surface area contributed by atoms with E-state index in [1.54, 1.807) is 0 Å². The van der Waals surface area contributed by atoms with E-state index in [0.29, 0.717) is 18.4 Å². The van der Waals surface area contributed by atoms with Crippen molar-refractivity contribution in [2.24, 2.45) is 5.10 Å². The van der Waals surface area contributed by atoms with Crippen molar-refractivity contribution in [2.45, 2.75) is 37.9 Å². The van der Waals surface area contributed by atoms with Crippen LogP contribution >= 0.6 is 0 Å². The molecule has 11 heteroatoms. The lowest BCUT2D eigenvalue weighted by molar-refractivity contribution is -0.137. The lowest BCUT2D eigenvalue weighted by Crippen LogP contribution is -2.44. The van der Waals surface area contributed by atoms with Crippen LogP contribution in [0, 0.1) is 0 Å². The van der Waals surface area contributed by atoms with Gasteiger partial charge in [0.2, 0.25) is 5.91 Å². The van der Waals surface area contributed by atoms with Crippen LogP contribution in [0.25, 0.3) is 0 Å². The molecular weight excluding hydrogens is 411 g/mol. The number of benzene rings is 1. The smallest absolute Gasteiger partial charge is 0.351 e. The van der Waals surface area contributed by atoms with Gasteiger partial charge in [-0.2, -0.15) is 18.3 Å². The summed E-state index contributed by atoms with van der Waals surface area (Å²) >= 11 is 0.